The molecule has 2 aromatic rings. The van der Waals surface area contributed by atoms with Crippen molar-refractivity contribution in [3.63, 3.8) is 0 Å². The molecule has 0 aliphatic carbocycles. The predicted octanol–water partition coefficient (Wildman–Crippen LogP) is 3.81. The summed E-state index contributed by atoms with van der Waals surface area (Å²) in [6, 6.07) is 9.86. The van der Waals surface area contributed by atoms with E-state index in [1.807, 2.05) is 39.0 Å². The van der Waals surface area contributed by atoms with Gasteiger partial charge in [0.15, 0.2) is 11.5 Å². The van der Waals surface area contributed by atoms with Crippen LogP contribution in [0.15, 0.2) is 35.9 Å². The van der Waals surface area contributed by atoms with Gasteiger partial charge in [0, 0.05) is 5.56 Å². The van der Waals surface area contributed by atoms with Crippen LogP contribution < -0.4 is 0 Å². The quantitative estimate of drug-likeness (QED) is 0.391. The molecule has 2 rings (SSSR count). The van der Waals surface area contributed by atoms with Gasteiger partial charge in [-0.3, -0.25) is 4.79 Å². The second kappa shape index (κ2) is 6.37. The van der Waals surface area contributed by atoms with Gasteiger partial charge < -0.3 is 10.2 Å². The molecule has 0 aliphatic rings. The first-order chi connectivity index (χ1) is 10.8. The third kappa shape index (κ3) is 3.41. The smallest absolute Gasteiger partial charge is 0.204 e. The van der Waals surface area contributed by atoms with Crippen LogP contribution in [0.3, 0.4) is 0 Å². The summed E-state index contributed by atoms with van der Waals surface area (Å²) in [5, 5.41) is 28.2. The largest absolute Gasteiger partial charge is 0.504 e. The monoisotopic (exact) mass is 307 g/mol. The van der Waals surface area contributed by atoms with E-state index in [-0.39, 0.29) is 22.9 Å². The van der Waals surface area contributed by atoms with Gasteiger partial charge >= 0.3 is 0 Å². The van der Waals surface area contributed by atoms with E-state index >= 15 is 0 Å². The molecule has 0 fully saturated rings. The van der Waals surface area contributed by atoms with Gasteiger partial charge in [-0.2, -0.15) is 5.26 Å². The zero-order valence-electron chi connectivity index (χ0n) is 13.2. The fraction of sp³-hybridized carbons (Fsp3) is 0.158. The molecule has 0 bridgehead atoms. The molecule has 0 unspecified atom stereocenters. The molecule has 0 heterocycles. The predicted molar refractivity (Wildman–Crippen MR) is 88.3 cm³/mol. The second-order valence-electron chi connectivity index (χ2n) is 5.52. The molecule has 0 saturated carbocycles. The minimum Gasteiger partial charge on any atom is -0.504 e. The maximum atomic E-state index is 12.7. The summed E-state index contributed by atoms with van der Waals surface area (Å²) in [6.07, 6.45) is 1.40. The summed E-state index contributed by atoms with van der Waals surface area (Å²) in [7, 11) is 0. The van der Waals surface area contributed by atoms with Crippen LogP contribution in [0.1, 0.15) is 32.6 Å². The van der Waals surface area contributed by atoms with Crippen LogP contribution in [-0.4, -0.2) is 16.0 Å². The fourth-order valence-corrected chi connectivity index (χ4v) is 2.62. The van der Waals surface area contributed by atoms with Crippen molar-refractivity contribution in [3.05, 3.63) is 63.7 Å². The number of carbonyl (C=O) groups is 1. The SMILES string of the molecule is Cc1cc(C)c(C(=O)/C(C#N)=C/c2ccc(O)c(O)c2)c(C)c1. The number of rotatable bonds is 3. The number of hydrogen-bond donors (Lipinski definition) is 2. The zero-order chi connectivity index (χ0) is 17.1. The molecule has 4 nitrogen and oxygen atoms in total. The van der Waals surface area contributed by atoms with Gasteiger partial charge in [0.05, 0.1) is 0 Å². The molecule has 116 valence electrons. The van der Waals surface area contributed by atoms with Gasteiger partial charge in [0.1, 0.15) is 11.6 Å². The standard InChI is InChI=1S/C19H17NO3/c1-11-6-12(2)18(13(3)7-11)19(23)15(10-20)8-14-4-5-16(21)17(22)9-14/h4-9,21-22H,1-3H3/b15-8+. The lowest BCUT2D eigenvalue weighted by Gasteiger charge is -2.10. The van der Waals surface area contributed by atoms with Crippen molar-refractivity contribution < 1.29 is 15.0 Å². The van der Waals surface area contributed by atoms with Gasteiger partial charge in [-0.05, 0) is 55.7 Å². The Bertz CT molecular complexity index is 834. The molecule has 0 aromatic heterocycles. The summed E-state index contributed by atoms with van der Waals surface area (Å²) in [6.45, 7) is 5.64. The number of phenols is 2. The number of nitrogens with zero attached hydrogens (tertiary/aromatic N) is 1. The number of benzene rings is 2. The molecule has 0 radical (unpaired) electrons. The average Bonchev–Trinajstić information content (AvgIpc) is 2.47. The highest BCUT2D eigenvalue weighted by molar-refractivity contribution is 6.15. The lowest BCUT2D eigenvalue weighted by Crippen LogP contribution is -2.07. The molecule has 0 saturated heterocycles. The van der Waals surface area contributed by atoms with E-state index in [0.717, 1.165) is 16.7 Å². The van der Waals surface area contributed by atoms with Gasteiger partial charge in [-0.15, -0.1) is 0 Å². The van der Waals surface area contributed by atoms with E-state index in [2.05, 4.69) is 0 Å². The van der Waals surface area contributed by atoms with Crippen molar-refractivity contribution in [2.45, 2.75) is 20.8 Å². The molecule has 0 spiro atoms. The average molecular weight is 307 g/mol. The normalized spacial score (nSPS) is 11.1. The third-order valence-corrected chi connectivity index (χ3v) is 3.58. The van der Waals surface area contributed by atoms with E-state index in [9.17, 15) is 20.3 Å². The maximum absolute atomic E-state index is 12.7. The van der Waals surface area contributed by atoms with Crippen LogP contribution in [0.2, 0.25) is 0 Å². The number of ketones is 1. The van der Waals surface area contributed by atoms with Crippen LogP contribution in [0.5, 0.6) is 11.5 Å². The third-order valence-electron chi connectivity index (χ3n) is 3.58. The molecule has 0 amide bonds. The lowest BCUT2D eigenvalue weighted by atomic mass is 9.92. The van der Waals surface area contributed by atoms with E-state index < -0.39 is 0 Å². The first kappa shape index (κ1) is 16.3. The molecule has 23 heavy (non-hydrogen) atoms. The Labute approximate surface area is 134 Å². The summed E-state index contributed by atoms with van der Waals surface area (Å²) < 4.78 is 0. The number of phenolic OH excluding ortho intramolecular Hbond substituents is 2. The highest BCUT2D eigenvalue weighted by Gasteiger charge is 2.17. The van der Waals surface area contributed by atoms with E-state index in [4.69, 9.17) is 0 Å². The molecule has 4 heteroatoms. The number of hydrogen-bond acceptors (Lipinski definition) is 4. The van der Waals surface area contributed by atoms with Crippen molar-refractivity contribution in [1.82, 2.24) is 0 Å². The second-order valence-corrected chi connectivity index (χ2v) is 5.52. The van der Waals surface area contributed by atoms with Crippen LogP contribution in [0.4, 0.5) is 0 Å². The van der Waals surface area contributed by atoms with Crippen molar-refractivity contribution in [3.8, 4) is 17.6 Å². The van der Waals surface area contributed by atoms with E-state index in [1.165, 1.54) is 24.3 Å². The van der Waals surface area contributed by atoms with Crippen LogP contribution >= 0.6 is 0 Å². The Balaban J connectivity index is 2.49. The van der Waals surface area contributed by atoms with E-state index in [0.29, 0.717) is 11.1 Å². The Morgan fingerprint density at radius 2 is 1.65 bits per heavy atom. The number of carbonyl (C=O) groups excluding carboxylic acids is 1. The summed E-state index contributed by atoms with van der Waals surface area (Å²) in [4.78, 5) is 12.7. The van der Waals surface area contributed by atoms with Gasteiger partial charge in [-0.1, -0.05) is 23.8 Å². The first-order valence-corrected chi connectivity index (χ1v) is 7.10. The summed E-state index contributed by atoms with van der Waals surface area (Å²) >= 11 is 0. The van der Waals surface area contributed by atoms with Crippen molar-refractivity contribution in [1.29, 1.82) is 5.26 Å². The minimum atomic E-state index is -0.352. The minimum absolute atomic E-state index is 0.0230. The van der Waals surface area contributed by atoms with E-state index in [1.54, 1.807) is 0 Å². The lowest BCUT2D eigenvalue weighted by molar-refractivity contribution is 0.103. The Morgan fingerprint density at radius 1 is 1.04 bits per heavy atom. The van der Waals surface area contributed by atoms with Crippen LogP contribution in [0.25, 0.3) is 6.08 Å². The number of Topliss-reactive ketones (excluding diaryl/α,β-unsaturated/α-hetero) is 1. The molecule has 0 aliphatic heterocycles. The van der Waals surface area contributed by atoms with Gasteiger partial charge in [-0.25, -0.2) is 0 Å². The Hall–Kier alpha value is -3.06. The Kier molecular flexibility index (Phi) is 4.52. The van der Waals surface area contributed by atoms with Crippen molar-refractivity contribution >= 4 is 11.9 Å². The first-order valence-electron chi connectivity index (χ1n) is 7.10. The summed E-state index contributed by atoms with van der Waals surface area (Å²) in [5.74, 6) is -0.904. The number of aryl methyl sites for hydroxylation is 3. The van der Waals surface area contributed by atoms with Crippen molar-refractivity contribution in [2.75, 3.05) is 0 Å². The summed E-state index contributed by atoms with van der Waals surface area (Å²) in [5.41, 5.74) is 3.66. The number of allylic oxidation sites excluding steroid dienone is 1. The molecular formula is C19H17NO3. The fourth-order valence-electron chi connectivity index (χ4n) is 2.62. The van der Waals surface area contributed by atoms with Gasteiger partial charge in [0.2, 0.25) is 5.78 Å². The molecule has 0 atom stereocenters. The number of nitriles is 1. The van der Waals surface area contributed by atoms with Gasteiger partial charge in [0.25, 0.3) is 0 Å². The van der Waals surface area contributed by atoms with Crippen LogP contribution in [-0.2, 0) is 0 Å². The topological polar surface area (TPSA) is 81.3 Å². The molecular weight excluding hydrogens is 290 g/mol. The highest BCUT2D eigenvalue weighted by Crippen LogP contribution is 2.27. The highest BCUT2D eigenvalue weighted by atomic mass is 16.3. The molecule has 2 N–H and O–H groups in total. The number of aromatic hydroxyl groups is 2. The van der Waals surface area contributed by atoms with Crippen LogP contribution in [0, 0.1) is 32.1 Å². The van der Waals surface area contributed by atoms with Crippen molar-refractivity contribution in [2.24, 2.45) is 0 Å². The molecule has 2 aromatic carbocycles. The Morgan fingerprint density at radius 3 is 2.17 bits per heavy atom. The maximum Gasteiger partial charge on any atom is 0.204 e. The zero-order valence-corrected chi connectivity index (χ0v) is 13.2.